The first-order valence-corrected chi connectivity index (χ1v) is 7.27. The number of hydrogen-bond acceptors (Lipinski definition) is 3. The standard InChI is InChI=1S/C14H16Cl2N4O/c1-8(2)13-19-18-11(20(13)3)7-17-14(21)12-9(15)5-4-6-10(12)16/h4-6,8H,7H2,1-3H3,(H,17,21). The van der Waals surface area contributed by atoms with Crippen LogP contribution in [0.1, 0.15) is 41.8 Å². The van der Waals surface area contributed by atoms with Crippen LogP contribution in [0.25, 0.3) is 0 Å². The molecular formula is C14H16Cl2N4O. The van der Waals surface area contributed by atoms with E-state index in [4.69, 9.17) is 23.2 Å². The molecule has 0 aliphatic heterocycles. The molecule has 0 atom stereocenters. The molecular weight excluding hydrogens is 311 g/mol. The molecule has 0 aliphatic carbocycles. The van der Waals surface area contributed by atoms with E-state index < -0.39 is 0 Å². The number of nitrogens with zero attached hydrogens (tertiary/aromatic N) is 3. The van der Waals surface area contributed by atoms with Gasteiger partial charge in [0.05, 0.1) is 22.2 Å². The summed E-state index contributed by atoms with van der Waals surface area (Å²) in [4.78, 5) is 12.2. The molecule has 0 bridgehead atoms. The Kier molecular flexibility index (Phi) is 4.85. The minimum absolute atomic E-state index is 0.261. The fourth-order valence-corrected chi connectivity index (χ4v) is 2.56. The summed E-state index contributed by atoms with van der Waals surface area (Å²) < 4.78 is 1.87. The summed E-state index contributed by atoms with van der Waals surface area (Å²) in [6.07, 6.45) is 0. The van der Waals surface area contributed by atoms with Crippen molar-refractivity contribution in [3.63, 3.8) is 0 Å². The zero-order valence-corrected chi connectivity index (χ0v) is 13.5. The highest BCUT2D eigenvalue weighted by Gasteiger charge is 2.16. The van der Waals surface area contributed by atoms with Crippen LogP contribution in [0.3, 0.4) is 0 Å². The number of aromatic nitrogens is 3. The fraction of sp³-hybridized carbons (Fsp3) is 0.357. The second-order valence-corrected chi connectivity index (χ2v) is 5.78. The molecule has 112 valence electrons. The molecule has 7 heteroatoms. The largest absolute Gasteiger partial charge is 0.345 e. The van der Waals surface area contributed by atoms with Gasteiger partial charge in [-0.1, -0.05) is 43.1 Å². The molecule has 0 radical (unpaired) electrons. The van der Waals surface area contributed by atoms with E-state index in [9.17, 15) is 4.79 Å². The van der Waals surface area contributed by atoms with Crippen molar-refractivity contribution >= 4 is 29.1 Å². The van der Waals surface area contributed by atoms with E-state index in [1.54, 1.807) is 18.2 Å². The van der Waals surface area contributed by atoms with Gasteiger partial charge in [0, 0.05) is 13.0 Å². The Morgan fingerprint density at radius 2 is 1.90 bits per heavy atom. The SMILES string of the molecule is CC(C)c1nnc(CNC(=O)c2c(Cl)cccc2Cl)n1C. The second kappa shape index (κ2) is 6.45. The quantitative estimate of drug-likeness (QED) is 0.938. The number of halogens is 2. The summed E-state index contributed by atoms with van der Waals surface area (Å²) in [5.41, 5.74) is 0.270. The summed E-state index contributed by atoms with van der Waals surface area (Å²) in [7, 11) is 1.87. The van der Waals surface area contributed by atoms with Crippen LogP contribution in [0, 0.1) is 0 Å². The molecule has 1 amide bonds. The van der Waals surface area contributed by atoms with E-state index in [0.717, 1.165) is 5.82 Å². The lowest BCUT2D eigenvalue weighted by atomic mass is 10.2. The first-order valence-electron chi connectivity index (χ1n) is 6.52. The number of hydrogen-bond donors (Lipinski definition) is 1. The summed E-state index contributed by atoms with van der Waals surface area (Å²) >= 11 is 12.0. The third-order valence-electron chi connectivity index (χ3n) is 3.11. The number of amides is 1. The molecule has 5 nitrogen and oxygen atoms in total. The van der Waals surface area contributed by atoms with Crippen molar-refractivity contribution in [2.45, 2.75) is 26.3 Å². The maximum absolute atomic E-state index is 12.2. The molecule has 0 fully saturated rings. The zero-order valence-electron chi connectivity index (χ0n) is 12.0. The maximum atomic E-state index is 12.2. The molecule has 0 aliphatic rings. The Balaban J connectivity index is 2.12. The Hall–Kier alpha value is -1.59. The number of benzene rings is 1. The molecule has 0 spiro atoms. The average Bonchev–Trinajstić information content (AvgIpc) is 2.77. The molecule has 0 unspecified atom stereocenters. The van der Waals surface area contributed by atoms with Crippen molar-refractivity contribution in [1.82, 2.24) is 20.1 Å². The second-order valence-electron chi connectivity index (χ2n) is 4.97. The van der Waals surface area contributed by atoms with Crippen molar-refractivity contribution < 1.29 is 4.79 Å². The minimum atomic E-state index is -0.334. The van der Waals surface area contributed by atoms with Crippen molar-refractivity contribution in [3.8, 4) is 0 Å². The fourth-order valence-electron chi connectivity index (χ4n) is 1.99. The van der Waals surface area contributed by atoms with Gasteiger partial charge in [0.2, 0.25) is 0 Å². The van der Waals surface area contributed by atoms with Crippen molar-refractivity contribution in [3.05, 3.63) is 45.5 Å². The van der Waals surface area contributed by atoms with Gasteiger partial charge in [-0.2, -0.15) is 0 Å². The monoisotopic (exact) mass is 326 g/mol. The van der Waals surface area contributed by atoms with Crippen LogP contribution in [-0.4, -0.2) is 20.7 Å². The Morgan fingerprint density at radius 3 is 2.43 bits per heavy atom. The van der Waals surface area contributed by atoms with E-state index in [0.29, 0.717) is 15.9 Å². The van der Waals surface area contributed by atoms with E-state index in [2.05, 4.69) is 15.5 Å². The summed E-state index contributed by atoms with van der Waals surface area (Å²) in [6, 6.07) is 4.95. The topological polar surface area (TPSA) is 59.8 Å². The number of carbonyl (C=O) groups excluding carboxylic acids is 1. The molecule has 21 heavy (non-hydrogen) atoms. The third kappa shape index (κ3) is 3.36. The minimum Gasteiger partial charge on any atom is -0.345 e. The first kappa shape index (κ1) is 15.8. The maximum Gasteiger partial charge on any atom is 0.254 e. The predicted molar refractivity (Wildman–Crippen MR) is 82.7 cm³/mol. The van der Waals surface area contributed by atoms with Gasteiger partial charge in [-0.25, -0.2) is 0 Å². The van der Waals surface area contributed by atoms with Crippen LogP contribution in [0.15, 0.2) is 18.2 Å². The van der Waals surface area contributed by atoms with Crippen molar-refractivity contribution in [2.75, 3.05) is 0 Å². The van der Waals surface area contributed by atoms with Crippen LogP contribution in [0.5, 0.6) is 0 Å². The van der Waals surface area contributed by atoms with Crippen LogP contribution in [0.4, 0.5) is 0 Å². The Morgan fingerprint density at radius 1 is 1.29 bits per heavy atom. The number of rotatable bonds is 4. The Labute approximate surface area is 133 Å². The van der Waals surface area contributed by atoms with Crippen molar-refractivity contribution in [1.29, 1.82) is 0 Å². The number of carbonyl (C=O) groups is 1. The molecule has 1 heterocycles. The molecule has 1 aromatic carbocycles. The molecule has 1 N–H and O–H groups in total. The van der Waals surface area contributed by atoms with Gasteiger partial charge in [-0.3, -0.25) is 4.79 Å². The highest BCUT2D eigenvalue weighted by Crippen LogP contribution is 2.24. The van der Waals surface area contributed by atoms with Crippen molar-refractivity contribution in [2.24, 2.45) is 7.05 Å². The van der Waals surface area contributed by atoms with E-state index in [-0.39, 0.29) is 23.9 Å². The first-order chi connectivity index (χ1) is 9.91. The third-order valence-corrected chi connectivity index (χ3v) is 3.74. The molecule has 1 aromatic heterocycles. The average molecular weight is 327 g/mol. The van der Waals surface area contributed by atoms with Gasteiger partial charge in [0.1, 0.15) is 5.82 Å². The normalized spacial score (nSPS) is 11.0. The van der Waals surface area contributed by atoms with Gasteiger partial charge < -0.3 is 9.88 Å². The lowest BCUT2D eigenvalue weighted by Crippen LogP contribution is -2.25. The van der Waals surface area contributed by atoms with Gasteiger partial charge in [-0.15, -0.1) is 10.2 Å². The highest BCUT2D eigenvalue weighted by atomic mass is 35.5. The summed E-state index contributed by atoms with van der Waals surface area (Å²) in [6.45, 7) is 4.34. The van der Waals surface area contributed by atoms with E-state index >= 15 is 0 Å². The zero-order chi connectivity index (χ0) is 15.6. The smallest absolute Gasteiger partial charge is 0.254 e. The van der Waals surface area contributed by atoms with Crippen LogP contribution < -0.4 is 5.32 Å². The van der Waals surface area contributed by atoms with Crippen LogP contribution >= 0.6 is 23.2 Å². The van der Waals surface area contributed by atoms with Gasteiger partial charge in [0.15, 0.2) is 5.82 Å². The summed E-state index contributed by atoms with van der Waals surface area (Å²) in [5.74, 6) is 1.48. The molecule has 0 saturated heterocycles. The highest BCUT2D eigenvalue weighted by molar-refractivity contribution is 6.39. The Bertz CT molecular complexity index is 647. The lowest BCUT2D eigenvalue weighted by Gasteiger charge is -2.09. The van der Waals surface area contributed by atoms with Gasteiger partial charge in [-0.05, 0) is 12.1 Å². The predicted octanol–water partition coefficient (Wildman–Crippen LogP) is 3.18. The number of nitrogens with one attached hydrogen (secondary N) is 1. The van der Waals surface area contributed by atoms with E-state index in [1.165, 1.54) is 0 Å². The van der Waals surface area contributed by atoms with Crippen LogP contribution in [-0.2, 0) is 13.6 Å². The molecule has 2 rings (SSSR count). The molecule has 2 aromatic rings. The summed E-state index contributed by atoms with van der Waals surface area (Å²) in [5, 5.41) is 11.6. The van der Waals surface area contributed by atoms with Crippen LogP contribution in [0.2, 0.25) is 10.0 Å². The van der Waals surface area contributed by atoms with E-state index in [1.807, 2.05) is 25.5 Å². The van der Waals surface area contributed by atoms with Gasteiger partial charge in [0.25, 0.3) is 5.91 Å². The lowest BCUT2D eigenvalue weighted by molar-refractivity contribution is 0.0950. The van der Waals surface area contributed by atoms with Gasteiger partial charge >= 0.3 is 0 Å². The molecule has 0 saturated carbocycles.